The largest absolute Gasteiger partial charge is 0.496 e. The molecule has 5 nitrogen and oxygen atoms in total. The maximum atomic E-state index is 6.01. The van der Waals surface area contributed by atoms with Gasteiger partial charge in [-0.05, 0) is 18.9 Å². The lowest BCUT2D eigenvalue weighted by Gasteiger charge is -2.35. The zero-order valence-corrected chi connectivity index (χ0v) is 13.3. The Balaban J connectivity index is 2.11. The summed E-state index contributed by atoms with van der Waals surface area (Å²) in [4.78, 5) is 0. The number of hydrogen-bond acceptors (Lipinski definition) is 5. The molecular weight excluding hydrogens is 280 g/mol. The lowest BCUT2D eigenvalue weighted by atomic mass is 9.73. The van der Waals surface area contributed by atoms with E-state index >= 15 is 0 Å². The monoisotopic (exact) mass is 302 g/mol. The number of hydrogen-bond donors (Lipinski definition) is 0. The first-order valence-electron chi connectivity index (χ1n) is 7.72. The van der Waals surface area contributed by atoms with Crippen LogP contribution in [0.1, 0.15) is 50.0 Å². The molecule has 0 amide bonds. The van der Waals surface area contributed by atoms with Gasteiger partial charge in [0.25, 0.3) is 0 Å². The lowest BCUT2D eigenvalue weighted by molar-refractivity contribution is 0.0531. The van der Waals surface area contributed by atoms with Crippen LogP contribution >= 0.6 is 0 Å². The van der Waals surface area contributed by atoms with Gasteiger partial charge in [0, 0.05) is 24.7 Å². The van der Waals surface area contributed by atoms with E-state index in [0.29, 0.717) is 25.0 Å². The summed E-state index contributed by atoms with van der Waals surface area (Å²) >= 11 is 0. The number of benzene rings is 1. The maximum absolute atomic E-state index is 6.01. The van der Waals surface area contributed by atoms with Gasteiger partial charge in [-0.2, -0.15) is 0 Å². The smallest absolute Gasteiger partial charge is 0.227 e. The van der Waals surface area contributed by atoms with Crippen LogP contribution in [0.25, 0.3) is 0 Å². The summed E-state index contributed by atoms with van der Waals surface area (Å²) in [5.74, 6) is 2.42. The number of methoxy groups -OCH3 is 1. The number of para-hydroxylation sites is 1. The van der Waals surface area contributed by atoms with Gasteiger partial charge in [-0.1, -0.05) is 32.0 Å². The summed E-state index contributed by atoms with van der Waals surface area (Å²) in [6, 6.07) is 8.06. The van der Waals surface area contributed by atoms with Crippen LogP contribution in [-0.2, 0) is 10.2 Å². The second-order valence-corrected chi connectivity index (χ2v) is 5.99. The molecule has 0 N–H and O–H groups in total. The van der Waals surface area contributed by atoms with Gasteiger partial charge < -0.3 is 13.9 Å². The van der Waals surface area contributed by atoms with Crippen molar-refractivity contribution in [2.24, 2.45) is 0 Å². The Kier molecular flexibility index (Phi) is 4.16. The van der Waals surface area contributed by atoms with E-state index in [1.54, 1.807) is 7.11 Å². The van der Waals surface area contributed by atoms with Crippen LogP contribution < -0.4 is 4.74 Å². The highest BCUT2D eigenvalue weighted by Gasteiger charge is 2.43. The van der Waals surface area contributed by atoms with E-state index in [1.165, 1.54) is 0 Å². The molecule has 0 bridgehead atoms. The molecule has 3 rings (SSSR count). The molecule has 5 heteroatoms. The van der Waals surface area contributed by atoms with Gasteiger partial charge in [0.15, 0.2) is 0 Å². The third-order valence-corrected chi connectivity index (χ3v) is 4.31. The third-order valence-electron chi connectivity index (χ3n) is 4.31. The first kappa shape index (κ1) is 15.0. The molecular formula is C17H22N2O3. The van der Waals surface area contributed by atoms with Crippen molar-refractivity contribution in [2.75, 3.05) is 20.3 Å². The van der Waals surface area contributed by atoms with E-state index in [2.05, 4.69) is 30.1 Å². The molecule has 1 aliphatic rings. The minimum Gasteiger partial charge on any atom is -0.496 e. The van der Waals surface area contributed by atoms with Crippen molar-refractivity contribution < 1.29 is 13.9 Å². The minimum absolute atomic E-state index is 0.218. The predicted molar refractivity (Wildman–Crippen MR) is 82.2 cm³/mol. The molecule has 0 spiro atoms. The molecule has 2 aromatic rings. The molecule has 0 saturated carbocycles. The fourth-order valence-electron chi connectivity index (χ4n) is 3.02. The Bertz CT molecular complexity index is 630. The number of aromatic nitrogens is 2. The fourth-order valence-corrected chi connectivity index (χ4v) is 3.02. The summed E-state index contributed by atoms with van der Waals surface area (Å²) in [5.41, 5.74) is 0.769. The molecule has 118 valence electrons. The van der Waals surface area contributed by atoms with Crippen molar-refractivity contribution in [1.29, 1.82) is 0 Å². The summed E-state index contributed by atoms with van der Waals surface area (Å²) in [6.45, 7) is 5.46. The van der Waals surface area contributed by atoms with Crippen molar-refractivity contribution in [3.8, 4) is 5.75 Å². The molecule has 0 aliphatic carbocycles. The summed E-state index contributed by atoms with van der Waals surface area (Å²) in [5, 5.41) is 8.58. The summed E-state index contributed by atoms with van der Waals surface area (Å²) in [7, 11) is 1.69. The Morgan fingerprint density at radius 3 is 2.50 bits per heavy atom. The third kappa shape index (κ3) is 2.50. The average Bonchev–Trinajstić information content (AvgIpc) is 3.06. The molecule has 1 aromatic carbocycles. The SMILES string of the molecule is COc1ccccc1C1(c2nnc(C(C)C)o2)CCOCC1. The van der Waals surface area contributed by atoms with Crippen molar-refractivity contribution >= 4 is 0 Å². The van der Waals surface area contributed by atoms with E-state index in [9.17, 15) is 0 Å². The zero-order chi connectivity index (χ0) is 15.6. The van der Waals surface area contributed by atoms with Crippen LogP contribution in [0, 0.1) is 0 Å². The molecule has 1 fully saturated rings. The minimum atomic E-state index is -0.328. The van der Waals surface area contributed by atoms with Gasteiger partial charge in [0.05, 0.1) is 12.5 Å². The normalized spacial score (nSPS) is 17.6. The quantitative estimate of drug-likeness (QED) is 0.867. The van der Waals surface area contributed by atoms with Crippen molar-refractivity contribution in [2.45, 2.75) is 38.0 Å². The van der Waals surface area contributed by atoms with Crippen LogP contribution in [0.15, 0.2) is 28.7 Å². The number of ether oxygens (including phenoxy) is 2. The van der Waals surface area contributed by atoms with Gasteiger partial charge >= 0.3 is 0 Å². The average molecular weight is 302 g/mol. The van der Waals surface area contributed by atoms with Gasteiger partial charge in [0.1, 0.15) is 5.75 Å². The molecule has 1 saturated heterocycles. The van der Waals surface area contributed by atoms with Gasteiger partial charge in [-0.15, -0.1) is 10.2 Å². The van der Waals surface area contributed by atoms with Gasteiger partial charge in [-0.3, -0.25) is 0 Å². The van der Waals surface area contributed by atoms with Crippen LogP contribution in [0.2, 0.25) is 0 Å². The van der Waals surface area contributed by atoms with Gasteiger partial charge in [-0.25, -0.2) is 0 Å². The lowest BCUT2D eigenvalue weighted by Crippen LogP contribution is -2.35. The fraction of sp³-hybridized carbons (Fsp3) is 0.529. The first-order valence-corrected chi connectivity index (χ1v) is 7.72. The molecule has 0 unspecified atom stereocenters. The van der Waals surface area contributed by atoms with E-state index in [1.807, 2.05) is 18.2 Å². The molecule has 0 atom stereocenters. The van der Waals surface area contributed by atoms with Crippen molar-refractivity contribution in [1.82, 2.24) is 10.2 Å². The molecule has 1 aromatic heterocycles. The van der Waals surface area contributed by atoms with Crippen LogP contribution in [-0.4, -0.2) is 30.5 Å². The summed E-state index contributed by atoms with van der Waals surface area (Å²) in [6.07, 6.45) is 1.63. The van der Waals surface area contributed by atoms with E-state index in [0.717, 1.165) is 24.2 Å². The summed E-state index contributed by atoms with van der Waals surface area (Å²) < 4.78 is 17.1. The van der Waals surface area contributed by atoms with E-state index in [4.69, 9.17) is 13.9 Å². The predicted octanol–water partition coefficient (Wildman–Crippen LogP) is 3.30. The molecule has 0 radical (unpaired) electrons. The van der Waals surface area contributed by atoms with Crippen LogP contribution in [0.5, 0.6) is 5.75 Å². The zero-order valence-electron chi connectivity index (χ0n) is 13.3. The molecule has 22 heavy (non-hydrogen) atoms. The second-order valence-electron chi connectivity index (χ2n) is 5.99. The van der Waals surface area contributed by atoms with Gasteiger partial charge in [0.2, 0.25) is 11.8 Å². The second kappa shape index (κ2) is 6.08. The highest BCUT2D eigenvalue weighted by molar-refractivity contribution is 5.43. The molecule has 1 aliphatic heterocycles. The van der Waals surface area contributed by atoms with E-state index in [-0.39, 0.29) is 11.3 Å². The Hall–Kier alpha value is -1.88. The topological polar surface area (TPSA) is 57.4 Å². The molecule has 2 heterocycles. The maximum Gasteiger partial charge on any atom is 0.227 e. The highest BCUT2D eigenvalue weighted by Crippen LogP contribution is 2.44. The van der Waals surface area contributed by atoms with Crippen LogP contribution in [0.4, 0.5) is 0 Å². The Morgan fingerprint density at radius 2 is 1.86 bits per heavy atom. The first-order chi connectivity index (χ1) is 10.7. The number of nitrogens with zero attached hydrogens (tertiary/aromatic N) is 2. The standard InChI is InChI=1S/C17H22N2O3/c1-12(2)15-18-19-16(22-15)17(8-10-21-11-9-17)13-6-4-5-7-14(13)20-3/h4-7,12H,8-11H2,1-3H3. The highest BCUT2D eigenvalue weighted by atomic mass is 16.5. The number of rotatable bonds is 4. The Labute approximate surface area is 130 Å². The van der Waals surface area contributed by atoms with E-state index < -0.39 is 0 Å². The van der Waals surface area contributed by atoms with Crippen LogP contribution in [0.3, 0.4) is 0 Å². The van der Waals surface area contributed by atoms with Crippen molar-refractivity contribution in [3.05, 3.63) is 41.6 Å². The Morgan fingerprint density at radius 1 is 1.14 bits per heavy atom. The van der Waals surface area contributed by atoms with Crippen molar-refractivity contribution in [3.63, 3.8) is 0 Å².